The normalized spacial score (nSPS) is 26.0. The van der Waals surface area contributed by atoms with Crippen LogP contribution < -0.4 is 5.32 Å². The zero-order valence-electron chi connectivity index (χ0n) is 13.6. The molecule has 0 bridgehead atoms. The van der Waals surface area contributed by atoms with Crippen LogP contribution in [0, 0.1) is 0 Å². The summed E-state index contributed by atoms with van der Waals surface area (Å²) in [4.78, 5) is 12.2. The molecule has 3 N–H and O–H groups in total. The second-order valence-electron chi connectivity index (χ2n) is 5.95. The second-order valence-corrected chi connectivity index (χ2v) is 8.42. The van der Waals surface area contributed by atoms with E-state index in [0.29, 0.717) is 5.32 Å². The Labute approximate surface area is 153 Å². The van der Waals surface area contributed by atoms with Gasteiger partial charge >= 0.3 is 153 Å². The number of hydrogen-bond donors (Lipinski definition) is 3. The molecule has 6 heteroatoms. The fourth-order valence-electron chi connectivity index (χ4n) is 2.83. The molecule has 1 heterocycles. The van der Waals surface area contributed by atoms with Gasteiger partial charge in [0.15, 0.2) is 0 Å². The average molecular weight is 406 g/mol. The van der Waals surface area contributed by atoms with E-state index in [9.17, 15) is 15.0 Å². The molecule has 1 saturated heterocycles. The number of rotatable bonds is 4. The van der Waals surface area contributed by atoms with Gasteiger partial charge in [-0.1, -0.05) is 0 Å². The Morgan fingerprint density at radius 2 is 1.72 bits per heavy atom. The first-order valence-electron chi connectivity index (χ1n) is 8.15. The minimum absolute atomic E-state index is 0.00336. The van der Waals surface area contributed by atoms with E-state index in [4.69, 9.17) is 4.74 Å². The van der Waals surface area contributed by atoms with Crippen LogP contribution in [0.5, 0.6) is 0 Å². The van der Waals surface area contributed by atoms with E-state index in [1.165, 1.54) is 0 Å². The molecule has 2 aromatic carbocycles. The quantitative estimate of drug-likeness (QED) is 0.678. The molecular formula is C19H21NO4Se. The molecule has 2 aromatic rings. The number of carbonyl (C=O) groups is 1. The number of ether oxygens (including phenoxy) is 1. The molecule has 132 valence electrons. The first-order chi connectivity index (χ1) is 12.1. The molecule has 3 rings (SSSR count). The van der Waals surface area contributed by atoms with Crippen LogP contribution in [0.25, 0.3) is 0 Å². The number of hydrogen-bond acceptors (Lipinski definition) is 4. The van der Waals surface area contributed by atoms with Crippen LogP contribution >= 0.6 is 0 Å². The molecule has 5 nitrogen and oxygen atoms in total. The predicted octanol–water partition coefficient (Wildman–Crippen LogP) is 1.88. The first-order valence-corrected chi connectivity index (χ1v) is 10.3. The number of carbonyl (C=O) groups excluding carboxylic acids is 1. The fourth-order valence-corrected chi connectivity index (χ4v) is 5.74. The number of aliphatic hydroxyl groups excluding tert-OH is 2. The van der Waals surface area contributed by atoms with E-state index >= 15 is 0 Å². The van der Waals surface area contributed by atoms with Crippen molar-refractivity contribution in [3.63, 3.8) is 0 Å². The Hall–Kier alpha value is -1.85. The van der Waals surface area contributed by atoms with Gasteiger partial charge in [-0.2, -0.15) is 0 Å². The third-order valence-electron chi connectivity index (χ3n) is 4.16. The maximum absolute atomic E-state index is 12.2. The molecule has 0 aromatic heterocycles. The Kier molecular flexibility index (Phi) is 6.10. The zero-order chi connectivity index (χ0) is 17.6. The van der Waals surface area contributed by atoms with Crippen LogP contribution in [-0.4, -0.2) is 49.5 Å². The molecule has 1 aliphatic heterocycles. The van der Waals surface area contributed by atoms with Crippen molar-refractivity contribution < 1.29 is 19.7 Å². The van der Waals surface area contributed by atoms with Gasteiger partial charge in [0.25, 0.3) is 0 Å². The summed E-state index contributed by atoms with van der Waals surface area (Å²) in [7, 11) is 0. The number of nitrogens with one attached hydrogen (secondary N) is 1. The van der Waals surface area contributed by atoms with Crippen molar-refractivity contribution in [2.24, 2.45) is 0 Å². The summed E-state index contributed by atoms with van der Waals surface area (Å²) in [6.45, 7) is 0.166. The first kappa shape index (κ1) is 18.0. The Bertz CT molecular complexity index is 682. The van der Waals surface area contributed by atoms with E-state index in [0.717, 1.165) is 11.1 Å². The van der Waals surface area contributed by atoms with Crippen molar-refractivity contribution in [3.8, 4) is 0 Å². The van der Waals surface area contributed by atoms with E-state index in [1.807, 2.05) is 60.7 Å². The molecular weight excluding hydrogens is 385 g/mol. The van der Waals surface area contributed by atoms with Crippen molar-refractivity contribution in [1.82, 2.24) is 5.32 Å². The number of aliphatic hydroxyl groups is 2. The summed E-state index contributed by atoms with van der Waals surface area (Å²) >= 11 is 0.0668. The molecule has 1 amide bonds. The molecule has 0 spiro atoms. The van der Waals surface area contributed by atoms with Crippen molar-refractivity contribution in [2.45, 2.75) is 35.0 Å². The van der Waals surface area contributed by atoms with Gasteiger partial charge in [0.1, 0.15) is 0 Å². The summed E-state index contributed by atoms with van der Waals surface area (Å²) in [5.41, 5.74) is 1.95. The van der Waals surface area contributed by atoms with Crippen LogP contribution in [0.4, 0.5) is 4.79 Å². The third-order valence-corrected chi connectivity index (χ3v) is 7.22. The molecule has 1 fully saturated rings. The van der Waals surface area contributed by atoms with Gasteiger partial charge in [0.2, 0.25) is 0 Å². The van der Waals surface area contributed by atoms with Crippen LogP contribution in [0.1, 0.15) is 15.9 Å². The summed E-state index contributed by atoms with van der Waals surface area (Å²) in [5.74, 6) is 0. The summed E-state index contributed by atoms with van der Waals surface area (Å²) in [6.07, 6.45) is -2.41. The van der Waals surface area contributed by atoms with Crippen LogP contribution in [0.15, 0.2) is 60.7 Å². The Morgan fingerprint density at radius 1 is 1.08 bits per heavy atom. The van der Waals surface area contributed by atoms with E-state index < -0.39 is 24.3 Å². The molecule has 1 aliphatic rings. The topological polar surface area (TPSA) is 78.8 Å². The zero-order valence-corrected chi connectivity index (χ0v) is 15.3. The van der Waals surface area contributed by atoms with Gasteiger partial charge in [-0.05, 0) is 0 Å². The minimum atomic E-state index is -1.01. The van der Waals surface area contributed by atoms with Gasteiger partial charge in [-0.15, -0.1) is 0 Å². The molecule has 0 aliphatic carbocycles. The molecule has 0 radical (unpaired) electrons. The number of benzene rings is 2. The van der Waals surface area contributed by atoms with Gasteiger partial charge in [-0.25, -0.2) is 0 Å². The molecule has 0 saturated carbocycles. The van der Waals surface area contributed by atoms with E-state index in [2.05, 4.69) is 5.32 Å². The molecule has 0 unspecified atom stereocenters. The van der Waals surface area contributed by atoms with Crippen molar-refractivity contribution in [3.05, 3.63) is 71.8 Å². The second kappa shape index (κ2) is 8.50. The number of amides is 1. The average Bonchev–Trinajstić information content (AvgIpc) is 2.65. The van der Waals surface area contributed by atoms with Crippen LogP contribution in [0.2, 0.25) is 5.32 Å². The van der Waals surface area contributed by atoms with Gasteiger partial charge < -0.3 is 0 Å². The standard InChI is InChI=1S/C19H21NO4Se/c21-15-12-25-18(14-9-5-2-6-10-14)16(17(15)22)20-19(23)24-11-13-7-3-1-4-8-13/h1-10,15-18,21-22H,11-12H2,(H,20,23)/t15-,16+,17-,18+/m0/s1. The van der Waals surface area contributed by atoms with Gasteiger partial charge in [-0.3, -0.25) is 0 Å². The van der Waals surface area contributed by atoms with E-state index in [1.54, 1.807) is 0 Å². The summed E-state index contributed by atoms with van der Waals surface area (Å²) in [6, 6.07) is 18.6. The van der Waals surface area contributed by atoms with E-state index in [-0.39, 0.29) is 26.4 Å². The summed E-state index contributed by atoms with van der Waals surface area (Å²) < 4.78 is 5.26. The SMILES string of the molecule is O=C(N[C@@H]1[C@@H](O)[C@@H](O)C[Se][C@@H]1c1ccccc1)OCc1ccccc1. The monoisotopic (exact) mass is 407 g/mol. The van der Waals surface area contributed by atoms with Gasteiger partial charge in [0, 0.05) is 0 Å². The molecule has 4 atom stereocenters. The Balaban J connectivity index is 1.66. The Morgan fingerprint density at radius 3 is 2.40 bits per heavy atom. The summed E-state index contributed by atoms with van der Waals surface area (Å²) in [5, 5.41) is 23.7. The van der Waals surface area contributed by atoms with Crippen molar-refractivity contribution in [1.29, 1.82) is 0 Å². The predicted molar refractivity (Wildman–Crippen MR) is 95.3 cm³/mol. The van der Waals surface area contributed by atoms with Gasteiger partial charge in [0.05, 0.1) is 0 Å². The van der Waals surface area contributed by atoms with Crippen LogP contribution in [-0.2, 0) is 11.3 Å². The van der Waals surface area contributed by atoms with Crippen molar-refractivity contribution >= 4 is 21.1 Å². The van der Waals surface area contributed by atoms with Crippen molar-refractivity contribution in [2.75, 3.05) is 0 Å². The van der Waals surface area contributed by atoms with Crippen LogP contribution in [0.3, 0.4) is 0 Å². The number of alkyl carbamates (subject to hydrolysis) is 1. The third kappa shape index (κ3) is 4.61. The molecule has 25 heavy (non-hydrogen) atoms. The maximum atomic E-state index is 12.2. The fraction of sp³-hybridized carbons (Fsp3) is 0.316.